The molecule has 0 aliphatic heterocycles. The molecule has 0 aliphatic carbocycles. The van der Waals surface area contributed by atoms with Crippen LogP contribution in [0.4, 0.5) is 4.79 Å². The van der Waals surface area contributed by atoms with Crippen LogP contribution in [0.5, 0.6) is 0 Å². The minimum absolute atomic E-state index is 0.0919. The summed E-state index contributed by atoms with van der Waals surface area (Å²) in [6.45, 7) is 12.1. The molecule has 3 heterocycles. The highest BCUT2D eigenvalue weighted by Gasteiger charge is 2.11. The van der Waals surface area contributed by atoms with E-state index in [1.54, 1.807) is 0 Å². The predicted molar refractivity (Wildman–Crippen MR) is 138 cm³/mol. The lowest BCUT2D eigenvalue weighted by Crippen LogP contribution is -2.32. The highest BCUT2D eigenvalue weighted by atomic mass is 16.7. The molecule has 10 heteroatoms. The molecule has 0 unspecified atom stereocenters. The van der Waals surface area contributed by atoms with E-state index in [9.17, 15) is 4.79 Å². The molecular weight excluding hydrogens is 472 g/mol. The Morgan fingerprint density at radius 3 is 1.86 bits per heavy atom. The first-order valence-corrected chi connectivity index (χ1v) is 13.4. The normalized spacial score (nSPS) is 11.6. The van der Waals surface area contributed by atoms with E-state index in [1.807, 2.05) is 24.9 Å². The van der Waals surface area contributed by atoms with E-state index < -0.39 is 6.16 Å². The van der Waals surface area contributed by atoms with Gasteiger partial charge in [0.1, 0.15) is 24.8 Å². The molecule has 204 valence electrons. The van der Waals surface area contributed by atoms with Gasteiger partial charge in [0.05, 0.1) is 57.9 Å². The van der Waals surface area contributed by atoms with Crippen LogP contribution in [0.1, 0.15) is 52.9 Å². The molecule has 37 heavy (non-hydrogen) atoms. The standard InChI is InChI=1S/C27H44N6O4/c1-27(2,3)37-22-8-14-33-19-18-32(25-33)13-7-21-36-26(34)35-20-6-12-31-17-16-30(24-31)11-5-4-10-29-15-9-28-23-29/h9,15-19,23-25H,4-8,10-14,20-22H2,1-3H3/q+2. The molecule has 0 N–H and O–H groups in total. The van der Waals surface area contributed by atoms with Crippen molar-refractivity contribution in [3.8, 4) is 0 Å². The van der Waals surface area contributed by atoms with Crippen molar-refractivity contribution in [2.75, 3.05) is 19.8 Å². The van der Waals surface area contributed by atoms with Gasteiger partial charge in [-0.3, -0.25) is 0 Å². The van der Waals surface area contributed by atoms with Gasteiger partial charge in [-0.2, -0.15) is 0 Å². The molecule has 0 radical (unpaired) electrons. The average molecular weight is 517 g/mol. The van der Waals surface area contributed by atoms with Gasteiger partial charge in [0, 0.05) is 38.2 Å². The summed E-state index contributed by atoms with van der Waals surface area (Å²) in [4.78, 5) is 15.9. The van der Waals surface area contributed by atoms with Crippen LogP contribution in [-0.4, -0.2) is 50.3 Å². The van der Waals surface area contributed by atoms with Gasteiger partial charge in [0.2, 0.25) is 12.7 Å². The van der Waals surface area contributed by atoms with Crippen molar-refractivity contribution in [1.29, 1.82) is 0 Å². The number of hydrogen-bond acceptors (Lipinski definition) is 5. The number of hydrogen-bond donors (Lipinski definition) is 0. The molecule has 0 amide bonds. The number of aryl methyl sites for hydroxylation is 5. The lowest BCUT2D eigenvalue weighted by molar-refractivity contribution is -0.697. The molecule has 3 rings (SSSR count). The molecule has 0 aliphatic rings. The lowest BCUT2D eigenvalue weighted by atomic mass is 10.2. The van der Waals surface area contributed by atoms with Gasteiger partial charge in [-0.1, -0.05) is 0 Å². The van der Waals surface area contributed by atoms with Crippen molar-refractivity contribution in [2.45, 2.75) is 91.2 Å². The molecule has 3 aromatic heterocycles. The van der Waals surface area contributed by atoms with Crippen molar-refractivity contribution in [3.05, 3.63) is 56.2 Å². The Kier molecular flexibility index (Phi) is 11.7. The zero-order chi connectivity index (χ0) is 26.3. The highest BCUT2D eigenvalue weighted by Crippen LogP contribution is 2.07. The molecule has 0 aromatic carbocycles. The van der Waals surface area contributed by atoms with Crippen molar-refractivity contribution >= 4 is 6.16 Å². The smallest absolute Gasteiger partial charge is 0.434 e. The van der Waals surface area contributed by atoms with Gasteiger partial charge in [-0.15, -0.1) is 0 Å². The zero-order valence-corrected chi connectivity index (χ0v) is 22.7. The van der Waals surface area contributed by atoms with Crippen LogP contribution >= 0.6 is 0 Å². The second kappa shape index (κ2) is 15.2. The summed E-state index contributed by atoms with van der Waals surface area (Å²) in [6.07, 6.45) is 22.1. The quantitative estimate of drug-likeness (QED) is 0.156. The van der Waals surface area contributed by atoms with Crippen LogP contribution in [-0.2, 0) is 46.9 Å². The first-order chi connectivity index (χ1) is 17.9. The summed E-state index contributed by atoms with van der Waals surface area (Å²) < 4.78 is 26.8. The number of nitrogens with zero attached hydrogens (tertiary/aromatic N) is 6. The van der Waals surface area contributed by atoms with Crippen molar-refractivity contribution in [3.63, 3.8) is 0 Å². The Balaban J connectivity index is 1.17. The Bertz CT molecular complexity index is 1020. The number of imidazole rings is 3. The SMILES string of the molecule is CC(C)(C)OCCCn1cc[n+](CCCOC(=O)OCCC[n+]2ccn(CCCCn3ccnc3)c2)c1. The summed E-state index contributed by atoms with van der Waals surface area (Å²) in [5.41, 5.74) is -0.0919. The van der Waals surface area contributed by atoms with Gasteiger partial charge in [0.25, 0.3) is 0 Å². The van der Waals surface area contributed by atoms with E-state index >= 15 is 0 Å². The molecule has 0 fully saturated rings. The van der Waals surface area contributed by atoms with Crippen molar-refractivity contribution < 1.29 is 28.1 Å². The zero-order valence-electron chi connectivity index (χ0n) is 22.7. The molecule has 0 saturated heterocycles. The number of rotatable bonds is 17. The molecule has 0 saturated carbocycles. The van der Waals surface area contributed by atoms with Gasteiger partial charge >= 0.3 is 6.16 Å². The second-order valence-corrected chi connectivity index (χ2v) is 10.3. The van der Waals surface area contributed by atoms with E-state index in [1.165, 1.54) is 0 Å². The highest BCUT2D eigenvalue weighted by molar-refractivity contribution is 5.59. The average Bonchev–Trinajstić information content (AvgIpc) is 3.62. The summed E-state index contributed by atoms with van der Waals surface area (Å²) in [5.74, 6) is 0. The summed E-state index contributed by atoms with van der Waals surface area (Å²) in [7, 11) is 0. The van der Waals surface area contributed by atoms with E-state index in [-0.39, 0.29) is 5.60 Å². The topological polar surface area (TPSA) is 80.2 Å². The number of carbonyl (C=O) groups excluding carboxylic acids is 1. The molecule has 0 spiro atoms. The van der Waals surface area contributed by atoms with Gasteiger partial charge in [-0.05, 0) is 33.6 Å². The Hall–Kier alpha value is -3.14. The lowest BCUT2D eigenvalue weighted by Gasteiger charge is -2.18. The molecular formula is C27H44N6O4+2. The van der Waals surface area contributed by atoms with Crippen molar-refractivity contribution in [1.82, 2.24) is 18.7 Å². The first kappa shape index (κ1) is 28.4. The van der Waals surface area contributed by atoms with Crippen LogP contribution < -0.4 is 9.13 Å². The van der Waals surface area contributed by atoms with E-state index in [0.717, 1.165) is 71.4 Å². The fraction of sp³-hybridized carbons (Fsp3) is 0.630. The fourth-order valence-electron chi connectivity index (χ4n) is 3.89. The Labute approximate surface area is 220 Å². The third-order valence-electron chi connectivity index (χ3n) is 5.79. The number of ether oxygens (including phenoxy) is 3. The minimum Gasteiger partial charge on any atom is -0.434 e. The second-order valence-electron chi connectivity index (χ2n) is 10.3. The van der Waals surface area contributed by atoms with Crippen LogP contribution in [0, 0.1) is 0 Å². The maximum absolute atomic E-state index is 11.8. The molecule has 0 atom stereocenters. The molecule has 0 bridgehead atoms. The summed E-state index contributed by atoms with van der Waals surface area (Å²) in [6, 6.07) is 0. The maximum atomic E-state index is 11.8. The third-order valence-corrected chi connectivity index (χ3v) is 5.79. The van der Waals surface area contributed by atoms with Crippen LogP contribution in [0.15, 0.2) is 56.2 Å². The van der Waals surface area contributed by atoms with Crippen LogP contribution in [0.3, 0.4) is 0 Å². The summed E-state index contributed by atoms with van der Waals surface area (Å²) in [5, 5.41) is 0. The number of aromatic nitrogens is 6. The van der Waals surface area contributed by atoms with Gasteiger partial charge in [0.15, 0.2) is 0 Å². The maximum Gasteiger partial charge on any atom is 0.508 e. The first-order valence-electron chi connectivity index (χ1n) is 13.4. The van der Waals surface area contributed by atoms with Gasteiger partial charge in [-0.25, -0.2) is 28.0 Å². The third kappa shape index (κ3) is 12.1. The van der Waals surface area contributed by atoms with Crippen molar-refractivity contribution in [2.24, 2.45) is 0 Å². The largest absolute Gasteiger partial charge is 0.508 e. The van der Waals surface area contributed by atoms with Crippen LogP contribution in [0.2, 0.25) is 0 Å². The van der Waals surface area contributed by atoms with Gasteiger partial charge < -0.3 is 18.8 Å². The minimum atomic E-state index is -0.595. The monoisotopic (exact) mass is 516 g/mol. The van der Waals surface area contributed by atoms with E-state index in [0.29, 0.717) is 13.2 Å². The predicted octanol–water partition coefficient (Wildman–Crippen LogP) is 3.38. The molecule has 10 nitrogen and oxygen atoms in total. The van der Waals surface area contributed by atoms with Crippen LogP contribution in [0.25, 0.3) is 0 Å². The Morgan fingerprint density at radius 2 is 1.32 bits per heavy atom. The summed E-state index contributed by atoms with van der Waals surface area (Å²) >= 11 is 0. The number of unbranched alkanes of at least 4 members (excludes halogenated alkanes) is 1. The van der Waals surface area contributed by atoms with E-state index in [4.69, 9.17) is 14.2 Å². The number of carbonyl (C=O) groups is 1. The molecule has 3 aromatic rings. The Morgan fingerprint density at radius 1 is 0.757 bits per heavy atom. The fourth-order valence-corrected chi connectivity index (χ4v) is 3.89. The van der Waals surface area contributed by atoms with E-state index in [2.05, 4.69) is 79.8 Å².